The van der Waals surface area contributed by atoms with E-state index < -0.39 is 5.89 Å². The fourth-order valence-corrected chi connectivity index (χ4v) is 8.14. The van der Waals surface area contributed by atoms with Crippen LogP contribution in [0.4, 0.5) is 0 Å². The molecule has 3 heteroatoms. The van der Waals surface area contributed by atoms with E-state index in [1.807, 2.05) is 18.2 Å². The molecule has 0 bridgehead atoms. The first-order valence-corrected chi connectivity index (χ1v) is 17.9. The maximum atomic E-state index is 9.67. The molecule has 51 heavy (non-hydrogen) atoms. The van der Waals surface area contributed by atoms with Crippen LogP contribution >= 0.6 is 0 Å². The summed E-state index contributed by atoms with van der Waals surface area (Å²) in [6, 6.07) is 58.2. The molecule has 7 aromatic carbocycles. The van der Waals surface area contributed by atoms with Crippen molar-refractivity contribution in [3.05, 3.63) is 169 Å². The monoisotopic (exact) mass is 657 g/mol. The van der Waals surface area contributed by atoms with Crippen molar-refractivity contribution in [2.45, 2.75) is 31.6 Å². The van der Waals surface area contributed by atoms with Gasteiger partial charge in [-0.15, -0.1) is 0 Å². The van der Waals surface area contributed by atoms with Crippen molar-refractivity contribution in [2.75, 3.05) is 0 Å². The zero-order valence-corrected chi connectivity index (χ0v) is 28.2. The minimum atomic E-state index is -0.659. The van der Waals surface area contributed by atoms with E-state index in [4.69, 9.17) is 9.40 Å². The van der Waals surface area contributed by atoms with Gasteiger partial charge >= 0.3 is 5.84 Å². The molecule has 0 spiro atoms. The Hall–Kier alpha value is -6.19. The summed E-state index contributed by atoms with van der Waals surface area (Å²) in [4.78, 5) is 4.84. The van der Waals surface area contributed by atoms with Gasteiger partial charge in [-0.25, -0.2) is 0 Å². The minimum absolute atomic E-state index is 0.579. The van der Waals surface area contributed by atoms with Gasteiger partial charge in [0, 0.05) is 6.93 Å². The summed E-state index contributed by atoms with van der Waals surface area (Å²) in [6.07, 6.45) is 3.82. The number of benzene rings is 7. The molecule has 3 nitrogen and oxygen atoms in total. The van der Waals surface area contributed by atoms with Crippen LogP contribution in [0, 0.1) is 0 Å². The molecule has 0 saturated heterocycles. The number of rotatable bonds is 6. The highest BCUT2D eigenvalue weighted by Gasteiger charge is 2.26. The normalized spacial score (nSPS) is 14.4. The largest absolute Gasteiger partial charge is 0.422 e. The van der Waals surface area contributed by atoms with Gasteiger partial charge in [0.1, 0.15) is 0 Å². The first-order valence-electron chi connectivity index (χ1n) is 18.4. The Balaban J connectivity index is 1.20. The molecule has 0 aliphatic heterocycles. The van der Waals surface area contributed by atoms with Crippen LogP contribution in [0.5, 0.6) is 0 Å². The van der Waals surface area contributed by atoms with Gasteiger partial charge in [-0.1, -0.05) is 146 Å². The number of nitrogens with zero attached hydrogens (tertiary/aromatic N) is 2. The van der Waals surface area contributed by atoms with Gasteiger partial charge in [0.25, 0.3) is 0 Å². The number of oxazole rings is 1. The zero-order valence-electron chi connectivity index (χ0n) is 29.2. The molecule has 1 saturated carbocycles. The fraction of sp³-hybridized carbons (Fsp3) is 0.104. The molecule has 0 N–H and O–H groups in total. The van der Waals surface area contributed by atoms with Gasteiger partial charge in [0.05, 0.1) is 16.6 Å². The molecular weight excluding hydrogens is 621 g/mol. The molecular formula is C48H36N2O. The van der Waals surface area contributed by atoms with Crippen molar-refractivity contribution in [3.63, 3.8) is 0 Å². The Morgan fingerprint density at radius 1 is 0.510 bits per heavy atom. The lowest BCUT2D eigenvalue weighted by molar-refractivity contribution is 0.641. The van der Waals surface area contributed by atoms with E-state index in [0.29, 0.717) is 5.84 Å². The zero-order chi connectivity index (χ0) is 34.6. The summed E-state index contributed by atoms with van der Waals surface area (Å²) in [6.45, 7) is 0. The van der Waals surface area contributed by atoms with Gasteiger partial charge in [0.15, 0.2) is 5.58 Å². The van der Waals surface area contributed by atoms with Crippen LogP contribution in [0.1, 0.15) is 38.5 Å². The van der Waals surface area contributed by atoms with E-state index in [1.165, 1.54) is 38.9 Å². The second-order valence-electron chi connectivity index (χ2n) is 13.6. The Bertz CT molecular complexity index is 2660. The summed E-state index contributed by atoms with van der Waals surface area (Å²) in [5.74, 6) is -0.0805. The molecule has 0 amide bonds. The Morgan fingerprint density at radius 3 is 1.69 bits per heavy atom. The Kier molecular flexibility index (Phi) is 6.90. The summed E-state index contributed by atoms with van der Waals surface area (Å²) >= 11 is 0. The van der Waals surface area contributed by atoms with Crippen LogP contribution in [0.3, 0.4) is 0 Å². The van der Waals surface area contributed by atoms with E-state index in [0.717, 1.165) is 70.1 Å². The lowest BCUT2D eigenvalue weighted by Gasteiger charge is -2.20. The number of para-hydroxylation sites is 2. The predicted octanol–water partition coefficient (Wildman–Crippen LogP) is 13.2. The first kappa shape index (κ1) is 28.6. The Labute approximate surface area is 298 Å². The van der Waals surface area contributed by atoms with Crippen LogP contribution in [0.15, 0.2) is 168 Å². The summed E-state index contributed by atoms with van der Waals surface area (Å²) < 4.78 is 18.4. The second kappa shape index (κ2) is 12.3. The molecule has 1 aliphatic rings. The molecule has 0 atom stereocenters. The number of aromatic nitrogens is 2. The standard InChI is InChI=1S/C48H36N2O/c1-4-14-32(15-5-1)38-30-40(34-16-6-2-7-17-34)45(41(31-38)35-18-8-3-9-19-35)36-24-26-37(27-25-36)46-39(33-20-10-11-21-33)28-29-44-47(46)51-48-49-42-22-12-13-23-43(42)50(44)48/h1-9,12-19,22-31,33H,10-11,20-21H2/i33D. The molecule has 9 aromatic rings. The van der Waals surface area contributed by atoms with Crippen molar-refractivity contribution >= 4 is 28.0 Å². The summed E-state index contributed by atoms with van der Waals surface area (Å²) in [7, 11) is 0. The molecule has 1 fully saturated rings. The average Bonchev–Trinajstić information content (AvgIpc) is 3.92. The third-order valence-electron chi connectivity index (χ3n) is 10.6. The van der Waals surface area contributed by atoms with Crippen molar-refractivity contribution in [2.24, 2.45) is 0 Å². The first-order chi connectivity index (χ1) is 25.6. The molecule has 0 radical (unpaired) electrons. The van der Waals surface area contributed by atoms with E-state index in [-0.39, 0.29) is 0 Å². The van der Waals surface area contributed by atoms with Crippen molar-refractivity contribution < 1.29 is 5.79 Å². The minimum Gasteiger partial charge on any atom is -0.422 e. The van der Waals surface area contributed by atoms with Crippen LogP contribution < -0.4 is 0 Å². The quantitative estimate of drug-likeness (QED) is 0.178. The lowest BCUT2D eigenvalue weighted by atomic mass is 9.84. The maximum absolute atomic E-state index is 9.67. The van der Waals surface area contributed by atoms with Gasteiger partial charge < -0.3 is 4.42 Å². The molecule has 1 aliphatic carbocycles. The smallest absolute Gasteiger partial charge is 0.307 e. The summed E-state index contributed by atoms with van der Waals surface area (Å²) in [5.41, 5.74) is 16.2. The number of hydrogen-bond donors (Lipinski definition) is 0. The topological polar surface area (TPSA) is 30.4 Å². The van der Waals surface area contributed by atoms with E-state index in [9.17, 15) is 1.37 Å². The number of imidazole rings is 1. The number of hydrogen-bond acceptors (Lipinski definition) is 2. The van der Waals surface area contributed by atoms with E-state index in [1.54, 1.807) is 0 Å². The highest BCUT2D eigenvalue weighted by Crippen LogP contribution is 2.46. The molecule has 2 aromatic heterocycles. The third kappa shape index (κ3) is 5.08. The van der Waals surface area contributed by atoms with Crippen LogP contribution in [0.2, 0.25) is 0 Å². The summed E-state index contributed by atoms with van der Waals surface area (Å²) in [5, 5.41) is 0. The van der Waals surface area contributed by atoms with E-state index >= 15 is 0 Å². The van der Waals surface area contributed by atoms with Crippen LogP contribution in [-0.2, 0) is 0 Å². The molecule has 10 rings (SSSR count). The van der Waals surface area contributed by atoms with Crippen molar-refractivity contribution in [1.29, 1.82) is 0 Å². The van der Waals surface area contributed by atoms with Gasteiger partial charge in [-0.3, -0.25) is 4.40 Å². The molecule has 0 unspecified atom stereocenters. The molecule has 2 heterocycles. The van der Waals surface area contributed by atoms with E-state index in [2.05, 4.69) is 150 Å². The highest BCUT2D eigenvalue weighted by atomic mass is 16.4. The average molecular weight is 658 g/mol. The van der Waals surface area contributed by atoms with Crippen molar-refractivity contribution in [1.82, 2.24) is 9.38 Å². The highest BCUT2D eigenvalue weighted by molar-refractivity contribution is 6.00. The third-order valence-corrected chi connectivity index (χ3v) is 10.6. The van der Waals surface area contributed by atoms with Crippen molar-refractivity contribution in [3.8, 4) is 55.6 Å². The lowest BCUT2D eigenvalue weighted by Crippen LogP contribution is -1.97. The maximum Gasteiger partial charge on any atom is 0.307 e. The fourth-order valence-electron chi connectivity index (χ4n) is 8.14. The van der Waals surface area contributed by atoms with Gasteiger partial charge in [-0.05, 0) is 105 Å². The van der Waals surface area contributed by atoms with Crippen LogP contribution in [-0.4, -0.2) is 9.38 Å². The number of fused-ring (bicyclic) bond motifs is 5. The SMILES string of the molecule is [2H]C1(c2ccc3c(oc4nc5ccccc5n43)c2-c2ccc(-c3c(-c4ccccc4)cc(-c4ccccc4)cc3-c3ccccc3)cc2)CCCC1. The molecule has 244 valence electrons. The van der Waals surface area contributed by atoms with Crippen LogP contribution in [0.25, 0.3) is 83.6 Å². The predicted molar refractivity (Wildman–Crippen MR) is 211 cm³/mol. The van der Waals surface area contributed by atoms with Gasteiger partial charge in [-0.2, -0.15) is 4.98 Å². The Morgan fingerprint density at radius 2 is 1.06 bits per heavy atom. The second-order valence-corrected chi connectivity index (χ2v) is 13.6. The van der Waals surface area contributed by atoms with Gasteiger partial charge in [0.2, 0.25) is 0 Å².